The van der Waals surface area contributed by atoms with Crippen LogP contribution in [0.4, 0.5) is 0 Å². The number of rotatable bonds is 11. The van der Waals surface area contributed by atoms with Gasteiger partial charge in [0.25, 0.3) is 0 Å². The summed E-state index contributed by atoms with van der Waals surface area (Å²) < 4.78 is 19.6. The van der Waals surface area contributed by atoms with Crippen LogP contribution in [-0.4, -0.2) is 14.5 Å². The minimum absolute atomic E-state index is 0.341. The molecule has 0 bridgehead atoms. The van der Waals surface area contributed by atoms with E-state index in [1.807, 2.05) is 85.5 Å². The van der Waals surface area contributed by atoms with E-state index in [0.717, 1.165) is 47.7 Å². The molecule has 0 unspecified atom stereocenters. The number of hydrogen-bond acceptors (Lipinski definition) is 5. The van der Waals surface area contributed by atoms with Crippen molar-refractivity contribution in [1.82, 2.24) is 14.5 Å². The summed E-state index contributed by atoms with van der Waals surface area (Å²) >= 11 is 0. The second-order valence-electron chi connectivity index (χ2n) is 8.28. The molecule has 0 saturated heterocycles. The minimum atomic E-state index is 0.341. The first-order chi connectivity index (χ1) is 17.3. The largest absolute Gasteiger partial charge is 0.489 e. The Morgan fingerprint density at radius 2 is 1.66 bits per heavy atom. The van der Waals surface area contributed by atoms with E-state index >= 15 is 0 Å². The van der Waals surface area contributed by atoms with Crippen LogP contribution in [0.5, 0.6) is 11.5 Å². The lowest BCUT2D eigenvalue weighted by Gasteiger charge is -2.07. The van der Waals surface area contributed by atoms with Crippen molar-refractivity contribution in [3.05, 3.63) is 121 Å². The Balaban J connectivity index is 1.12. The Labute approximate surface area is 204 Å². The third-order valence-electron chi connectivity index (χ3n) is 5.63. The van der Waals surface area contributed by atoms with Crippen LogP contribution in [-0.2, 0) is 26.2 Å². The van der Waals surface area contributed by atoms with Gasteiger partial charge >= 0.3 is 0 Å². The molecule has 6 heteroatoms. The lowest BCUT2D eigenvalue weighted by Crippen LogP contribution is -1.98. The monoisotopic (exact) mass is 465 g/mol. The summed E-state index contributed by atoms with van der Waals surface area (Å²) in [7, 11) is 0. The summed E-state index contributed by atoms with van der Waals surface area (Å²) in [6.07, 6.45) is 9.36. The zero-order valence-electron chi connectivity index (χ0n) is 19.4. The van der Waals surface area contributed by atoms with Gasteiger partial charge in [-0.15, -0.1) is 0 Å². The van der Waals surface area contributed by atoms with Gasteiger partial charge in [-0.05, 0) is 54.3 Å². The van der Waals surface area contributed by atoms with Gasteiger partial charge in [-0.1, -0.05) is 48.5 Å². The fourth-order valence-corrected chi connectivity index (χ4v) is 3.76. The summed E-state index contributed by atoms with van der Waals surface area (Å²) in [6.45, 7) is 1.82. The lowest BCUT2D eigenvalue weighted by molar-refractivity contribution is 0.301. The summed E-state index contributed by atoms with van der Waals surface area (Å²) in [5.41, 5.74) is 4.01. The summed E-state index contributed by atoms with van der Waals surface area (Å²) in [5, 5.41) is 0. The molecule has 35 heavy (non-hydrogen) atoms. The van der Waals surface area contributed by atoms with E-state index in [2.05, 4.69) is 26.7 Å². The van der Waals surface area contributed by atoms with Gasteiger partial charge in [0.15, 0.2) is 0 Å². The number of ether oxygens (including phenoxy) is 2. The highest BCUT2D eigenvalue weighted by molar-refractivity contribution is 5.56. The van der Waals surface area contributed by atoms with Gasteiger partial charge in [0.05, 0.1) is 6.33 Å². The molecule has 0 aliphatic heterocycles. The van der Waals surface area contributed by atoms with Gasteiger partial charge in [-0.2, -0.15) is 0 Å². The van der Waals surface area contributed by atoms with Crippen molar-refractivity contribution in [2.24, 2.45) is 0 Å². The molecule has 5 aromatic rings. The van der Waals surface area contributed by atoms with Crippen LogP contribution >= 0.6 is 0 Å². The van der Waals surface area contributed by atoms with E-state index in [1.165, 1.54) is 5.56 Å². The Bertz CT molecular complexity index is 1310. The molecule has 0 amide bonds. The van der Waals surface area contributed by atoms with Crippen molar-refractivity contribution in [3.63, 3.8) is 0 Å². The molecule has 0 fully saturated rings. The average Bonchev–Trinajstić information content (AvgIpc) is 3.61. The van der Waals surface area contributed by atoms with Gasteiger partial charge in [0, 0.05) is 24.5 Å². The zero-order valence-corrected chi connectivity index (χ0v) is 19.4. The molecule has 0 saturated carbocycles. The van der Waals surface area contributed by atoms with Crippen molar-refractivity contribution >= 4 is 0 Å². The molecule has 176 valence electrons. The molecule has 0 spiro atoms. The van der Waals surface area contributed by atoms with Crippen molar-refractivity contribution in [2.75, 3.05) is 0 Å². The molecule has 2 heterocycles. The van der Waals surface area contributed by atoms with Gasteiger partial charge in [0.2, 0.25) is 5.89 Å². The first kappa shape index (κ1) is 22.5. The standard InChI is InChI=1S/C29H27N3O3/c1-2-6-24(7-3-1)19-33-28-10-4-9-25(18-28)29-31-26(21-35-29)20-34-27-13-11-23(12-14-27)8-5-16-32-17-15-30-22-32/h1-4,6-7,9-15,17-18,21-22H,5,8,16,19-20H2. The number of imidazole rings is 1. The highest BCUT2D eigenvalue weighted by Gasteiger charge is 2.09. The van der Waals surface area contributed by atoms with Gasteiger partial charge in [0.1, 0.15) is 36.7 Å². The number of aromatic nitrogens is 3. The van der Waals surface area contributed by atoms with Crippen molar-refractivity contribution < 1.29 is 13.9 Å². The average molecular weight is 466 g/mol. The van der Waals surface area contributed by atoms with E-state index in [0.29, 0.717) is 19.1 Å². The maximum Gasteiger partial charge on any atom is 0.226 e. The summed E-state index contributed by atoms with van der Waals surface area (Å²) in [4.78, 5) is 8.66. The lowest BCUT2D eigenvalue weighted by atomic mass is 10.1. The van der Waals surface area contributed by atoms with Crippen molar-refractivity contribution in [1.29, 1.82) is 0 Å². The first-order valence-electron chi connectivity index (χ1n) is 11.7. The highest BCUT2D eigenvalue weighted by atomic mass is 16.5. The molecule has 0 atom stereocenters. The summed E-state index contributed by atoms with van der Waals surface area (Å²) in [6, 6.07) is 26.1. The van der Waals surface area contributed by atoms with Crippen LogP contribution in [0.25, 0.3) is 11.5 Å². The van der Waals surface area contributed by atoms with Crippen molar-refractivity contribution in [3.8, 4) is 23.0 Å². The third-order valence-corrected chi connectivity index (χ3v) is 5.63. The number of nitrogens with zero attached hydrogens (tertiary/aromatic N) is 3. The second-order valence-corrected chi connectivity index (χ2v) is 8.28. The molecule has 0 N–H and O–H groups in total. The third kappa shape index (κ3) is 6.38. The second kappa shape index (κ2) is 11.2. The maximum absolute atomic E-state index is 5.92. The molecule has 0 aliphatic carbocycles. The Hall–Kier alpha value is -4.32. The predicted molar refractivity (Wildman–Crippen MR) is 134 cm³/mol. The van der Waals surface area contributed by atoms with Gasteiger partial charge in [-0.3, -0.25) is 0 Å². The first-order valence-corrected chi connectivity index (χ1v) is 11.7. The van der Waals surface area contributed by atoms with Gasteiger partial charge in [-0.25, -0.2) is 9.97 Å². The number of benzene rings is 3. The molecule has 6 nitrogen and oxygen atoms in total. The van der Waals surface area contributed by atoms with Crippen LogP contribution in [0, 0.1) is 0 Å². The SMILES string of the molecule is c1ccc(COc2cccc(-c3nc(COc4ccc(CCCn5ccnc5)cc4)co3)c2)cc1. The van der Waals surface area contributed by atoms with E-state index in [-0.39, 0.29) is 0 Å². The smallest absolute Gasteiger partial charge is 0.226 e. The van der Waals surface area contributed by atoms with Crippen LogP contribution in [0.15, 0.2) is 108 Å². The number of hydrogen-bond donors (Lipinski definition) is 0. The predicted octanol–water partition coefficient (Wildman–Crippen LogP) is 6.33. The molecule has 2 aromatic heterocycles. The van der Waals surface area contributed by atoms with E-state index < -0.39 is 0 Å². The van der Waals surface area contributed by atoms with Crippen LogP contribution < -0.4 is 9.47 Å². The zero-order chi connectivity index (χ0) is 23.7. The highest BCUT2D eigenvalue weighted by Crippen LogP contribution is 2.24. The molecular formula is C29H27N3O3. The Morgan fingerprint density at radius 3 is 2.49 bits per heavy atom. The van der Waals surface area contributed by atoms with Gasteiger partial charge < -0.3 is 18.5 Å². The fourth-order valence-electron chi connectivity index (χ4n) is 3.76. The molecular weight excluding hydrogens is 438 g/mol. The maximum atomic E-state index is 5.92. The van der Waals surface area contributed by atoms with E-state index in [9.17, 15) is 0 Å². The Morgan fingerprint density at radius 1 is 0.800 bits per heavy atom. The molecule has 3 aromatic carbocycles. The molecule has 0 radical (unpaired) electrons. The van der Waals surface area contributed by atoms with Crippen molar-refractivity contribution in [2.45, 2.75) is 32.6 Å². The number of aryl methyl sites for hydroxylation is 2. The van der Waals surface area contributed by atoms with E-state index in [1.54, 1.807) is 6.26 Å². The topological polar surface area (TPSA) is 62.3 Å². The van der Waals surface area contributed by atoms with E-state index in [4.69, 9.17) is 13.9 Å². The normalized spacial score (nSPS) is 10.9. The minimum Gasteiger partial charge on any atom is -0.489 e. The van der Waals surface area contributed by atoms with Crippen LogP contribution in [0.2, 0.25) is 0 Å². The fraction of sp³-hybridized carbons (Fsp3) is 0.172. The summed E-state index contributed by atoms with van der Waals surface area (Å²) in [5.74, 6) is 2.12. The molecule has 0 aliphatic rings. The Kier molecular flexibility index (Phi) is 7.19. The number of oxazole rings is 1. The quantitative estimate of drug-likeness (QED) is 0.228. The van der Waals surface area contributed by atoms with Crippen LogP contribution in [0.3, 0.4) is 0 Å². The van der Waals surface area contributed by atoms with Crippen LogP contribution in [0.1, 0.15) is 23.2 Å². The molecule has 5 rings (SSSR count).